The van der Waals surface area contributed by atoms with Crippen LogP contribution < -0.4 is 10.6 Å². The maximum atomic E-state index is 12.4. The number of hydrogen-bond acceptors (Lipinski definition) is 2. The van der Waals surface area contributed by atoms with E-state index >= 15 is 0 Å². The first-order valence-corrected chi connectivity index (χ1v) is 25.6. The number of nitrogens with one attached hydrogen (secondary N) is 2. The van der Waals surface area contributed by atoms with E-state index in [9.17, 15) is 9.18 Å². The monoisotopic (exact) mass is 909 g/mol. The Hall–Kier alpha value is 2.71. The van der Waals surface area contributed by atoms with E-state index in [-0.39, 0.29) is 18.3 Å². The molecule has 0 atom stereocenters. The molecule has 0 saturated carbocycles. The number of carbonyl (C=O) groups excluding carboxylic acids is 1. The molecule has 0 aliphatic rings. The lowest BCUT2D eigenvalue weighted by Gasteiger charge is -2.60. The van der Waals surface area contributed by atoms with Gasteiger partial charge in [0, 0.05) is 480 Å². The Morgan fingerprint density at radius 3 is 0.608 bits per heavy atom. The fraction of sp³-hybridized carbons (Fsp3) is 0.222. The van der Waals surface area contributed by atoms with Crippen molar-refractivity contribution in [2.45, 2.75) is 0 Å². The molecular formula is C9H11B66FN2O. The van der Waals surface area contributed by atoms with Gasteiger partial charge in [0.1, 0.15) is 5.82 Å². The third-order valence-corrected chi connectivity index (χ3v) is 15.4. The van der Waals surface area contributed by atoms with Crippen LogP contribution in [-0.2, 0) is 4.79 Å². The van der Waals surface area contributed by atoms with Crippen LogP contribution >= 0.6 is 0 Å². The Morgan fingerprint density at radius 2 is 0.443 bits per heavy atom. The van der Waals surface area contributed by atoms with Crippen LogP contribution in [0.1, 0.15) is 0 Å². The maximum absolute atomic E-state index is 12.4. The smallest absolute Gasteiger partial charge is 0.239 e. The van der Waals surface area contributed by atoms with Crippen molar-refractivity contribution < 1.29 is 9.18 Å². The van der Waals surface area contributed by atoms with Gasteiger partial charge in [-0.3, -0.25) is 4.79 Å². The van der Waals surface area contributed by atoms with E-state index < -0.39 is 204 Å². The Bertz CT molecular complexity index is 1600. The number of anilines is 1. The minimum Gasteiger partial charge on any atom is -0.376 e. The molecule has 79 heavy (non-hydrogen) atoms. The molecule has 3 nitrogen and oxygen atoms in total. The van der Waals surface area contributed by atoms with Crippen molar-refractivity contribution in [2.24, 2.45) is 0 Å². The van der Waals surface area contributed by atoms with Gasteiger partial charge in [-0.15, -0.1) is 0 Å². The normalized spacial score (nSPS) is 9.70. The Kier molecular flexibility index (Phi) is 40.3. The van der Waals surface area contributed by atoms with Crippen LogP contribution in [0.25, 0.3) is 0 Å². The summed E-state index contributed by atoms with van der Waals surface area (Å²) in [5.74, 6) is -0.394. The van der Waals surface area contributed by atoms with Gasteiger partial charge in [-0.1, -0.05) is 0 Å². The van der Waals surface area contributed by atoms with Crippen molar-refractivity contribution in [2.75, 3.05) is 18.9 Å². The zero-order chi connectivity index (χ0) is 62.2. The van der Waals surface area contributed by atoms with Crippen LogP contribution in [0.2, 0.25) is 0 Å². The summed E-state index contributed by atoms with van der Waals surface area (Å²) in [6.07, 6.45) is -48.3. The van der Waals surface area contributed by atoms with E-state index in [1.807, 2.05) is 0 Å². The van der Waals surface area contributed by atoms with Crippen LogP contribution in [0.5, 0.6) is 0 Å². The fourth-order valence-corrected chi connectivity index (χ4v) is 12.4. The van der Waals surface area contributed by atoms with Crippen molar-refractivity contribution in [3.05, 3.63) is 30.1 Å². The second-order valence-corrected chi connectivity index (χ2v) is 21.0. The highest BCUT2D eigenvalue weighted by atomic mass is 19.1. The molecule has 0 unspecified atom stereocenters. The molecule has 70 heteroatoms. The molecular weight excluding hydrogens is 885 g/mol. The molecule has 1 aromatic carbocycles. The number of hydrogen-bond donors (Lipinski definition) is 2. The van der Waals surface area contributed by atoms with E-state index in [4.69, 9.17) is 263 Å². The lowest BCUT2D eigenvalue weighted by Crippen LogP contribution is -2.98. The summed E-state index contributed by atoms with van der Waals surface area (Å²) >= 11 is 0. The van der Waals surface area contributed by atoms with E-state index in [0.29, 0.717) is 0 Å². The highest BCUT2D eigenvalue weighted by Crippen LogP contribution is 2.25. The zero-order valence-electron chi connectivity index (χ0n) is 45.4. The first-order chi connectivity index (χ1) is 36.2. The van der Waals surface area contributed by atoms with Gasteiger partial charge in [-0.25, -0.2) is 4.39 Å². The number of benzene rings is 1. The van der Waals surface area contributed by atoms with Gasteiger partial charge in [-0.05, 0) is 24.3 Å². The summed E-state index contributed by atoms with van der Waals surface area (Å²) in [5.41, 5.74) is 0.727. The summed E-state index contributed by atoms with van der Waals surface area (Å²) in [6.45, 7) is 0.197. The van der Waals surface area contributed by atoms with Crippen molar-refractivity contribution in [1.29, 1.82) is 0 Å². The molecule has 1 aromatic rings. The van der Waals surface area contributed by atoms with Gasteiger partial charge in [0.15, 0.2) is 0 Å². The van der Waals surface area contributed by atoms with Gasteiger partial charge in [0.25, 0.3) is 0 Å². The van der Waals surface area contributed by atoms with Crippen molar-refractivity contribution in [1.82, 2.24) is 5.32 Å². The molecule has 0 spiro atoms. The van der Waals surface area contributed by atoms with Crippen LogP contribution in [0, 0.1) is 5.82 Å². The minimum absolute atomic E-state index is 0.107. The quantitative estimate of drug-likeness (QED) is 0.0677. The Balaban J connectivity index is 0.00000405. The van der Waals surface area contributed by atoms with Gasteiger partial charge in [0.05, 0.1) is 6.54 Å². The number of likely N-dealkylation sites (N-methyl/N-ethyl adjacent to an activating group) is 1. The minimum atomic E-state index is -1.64. The van der Waals surface area contributed by atoms with Crippen LogP contribution in [0.3, 0.4) is 0 Å². The van der Waals surface area contributed by atoms with Crippen molar-refractivity contribution in [3.63, 3.8) is 0 Å². The van der Waals surface area contributed by atoms with Crippen molar-refractivity contribution >= 4 is 479 Å². The van der Waals surface area contributed by atoms with Gasteiger partial charge in [-0.2, -0.15) is 0 Å². The van der Waals surface area contributed by atoms with E-state index in [1.165, 1.54) is 12.1 Å². The predicted molar refractivity (Wildman–Crippen MR) is 429 cm³/mol. The van der Waals surface area contributed by atoms with Gasteiger partial charge >= 0.3 is 0 Å². The summed E-state index contributed by atoms with van der Waals surface area (Å²) < 4.78 is 12.4. The Labute approximate surface area is 537 Å². The topological polar surface area (TPSA) is 41.1 Å². The SMILES string of the molecule is CNC(=O)CNc1ccc(F)cc1.[B]B([B])B(B([B])[B])B(B([B])[B])B(B(B([B])[B])B([B])[B])B(B(B(B([B])[B])B([B])[B])B(B([B])[B])B([B])[B])B(B(B(B([B])[B])B([B])[B])B(B([B])[B])B([B])[B])B(B(B([B])[B])B([B])[B])B(B([B])[B])B([B])[B]. The molecule has 0 saturated heterocycles. The molecule has 0 fully saturated rings. The summed E-state index contributed by atoms with van der Waals surface area (Å²) in [7, 11) is 228. The summed E-state index contributed by atoms with van der Waals surface area (Å²) in [5, 5.41) is 5.31. The molecule has 1 rings (SSSR count). The Morgan fingerprint density at radius 1 is 0.291 bits per heavy atom. The third-order valence-electron chi connectivity index (χ3n) is 15.4. The molecule has 0 aliphatic heterocycles. The lowest BCUT2D eigenvalue weighted by molar-refractivity contribution is -0.118. The number of rotatable bonds is 34. The highest BCUT2D eigenvalue weighted by molar-refractivity contribution is 8.39. The molecule has 0 bridgehead atoms. The number of amides is 1. The largest absolute Gasteiger partial charge is 0.376 e. The van der Waals surface area contributed by atoms with Crippen LogP contribution in [0.15, 0.2) is 24.3 Å². The van der Waals surface area contributed by atoms with Crippen LogP contribution in [0.4, 0.5) is 10.1 Å². The van der Waals surface area contributed by atoms with Gasteiger partial charge in [0.2, 0.25) is 5.91 Å². The van der Waals surface area contributed by atoms with Crippen molar-refractivity contribution in [3.8, 4) is 0 Å². The van der Waals surface area contributed by atoms with Crippen LogP contribution in [-0.4, -0.2) is 487 Å². The third kappa shape index (κ3) is 24.2. The first-order valence-electron chi connectivity index (χ1n) is 25.6. The zero-order valence-corrected chi connectivity index (χ0v) is 45.4. The summed E-state index contributed by atoms with van der Waals surface area (Å²) in [6, 6.07) is 5.84. The molecule has 0 aromatic heterocycles. The average Bonchev–Trinajstić information content (AvgIpc) is 3.26. The summed E-state index contributed by atoms with van der Waals surface area (Å²) in [4.78, 5) is 10.8. The fourth-order valence-electron chi connectivity index (χ4n) is 12.4. The predicted octanol–water partition coefficient (Wildman–Crippen LogP) is -24.1. The second kappa shape index (κ2) is 39.0. The van der Waals surface area contributed by atoms with E-state index in [1.54, 1.807) is 19.2 Å². The molecule has 268 valence electrons. The maximum Gasteiger partial charge on any atom is 0.239 e. The first kappa shape index (κ1) is 81.7. The average molecular weight is 896 g/mol. The number of carbonyl (C=O) groups is 1. The molecule has 2 N–H and O–H groups in total. The standard InChI is InChI=1S/C9H11FN2O.B66/c1-11-9(13)6-12-8-4-2-7(10)3-5-8;1-35(2)52(36(3)4)60(51(33)34)64(59(49(29)30)50(31)32)66(63(57(45(21)22)46(23)24)58(47(25)26)48(27)28)65(61(53(37(5)6)38(7)8)54(39(9)10)40(11)12)62(55(41(13)14)42(15)16)56(43(17)18)44(19)20/h2-5,12H,6H2,1H3,(H,11,13);. The lowest BCUT2D eigenvalue weighted by atomic mass is 8.22. The molecule has 68 radical (unpaired) electrons. The molecule has 0 heterocycles. The van der Waals surface area contributed by atoms with E-state index in [2.05, 4.69) is 10.6 Å². The number of halogens is 1. The highest BCUT2D eigenvalue weighted by Gasteiger charge is 2.63. The van der Waals surface area contributed by atoms with E-state index in [0.717, 1.165) is 5.69 Å². The molecule has 0 aliphatic carbocycles. The van der Waals surface area contributed by atoms with Gasteiger partial charge < -0.3 is 10.6 Å². The second-order valence-electron chi connectivity index (χ2n) is 21.0. The molecule has 1 amide bonds.